The number of amides is 1. The van der Waals surface area contributed by atoms with E-state index in [4.69, 9.17) is 14.9 Å². The first-order chi connectivity index (χ1) is 8.34. The normalized spacial score (nSPS) is 23.7. The number of aliphatic hydroxyl groups is 2. The Labute approximate surface area is 108 Å². The molecule has 1 amide bonds. The van der Waals surface area contributed by atoms with Crippen molar-refractivity contribution in [1.82, 2.24) is 10.6 Å². The average molecular weight is 260 g/mol. The second kappa shape index (κ2) is 6.36. The van der Waals surface area contributed by atoms with Gasteiger partial charge < -0.3 is 25.6 Å². The molecule has 6 nitrogen and oxygen atoms in total. The molecule has 4 N–H and O–H groups in total. The zero-order valence-electron chi connectivity index (χ0n) is 11.3. The first-order valence-electron chi connectivity index (χ1n) is 6.31. The predicted octanol–water partition coefficient (Wildman–Crippen LogP) is -0.0151. The third-order valence-electron chi connectivity index (χ3n) is 2.77. The lowest BCUT2D eigenvalue weighted by Gasteiger charge is -2.38. The summed E-state index contributed by atoms with van der Waals surface area (Å²) in [5.74, 6) is 0. The molecule has 6 heteroatoms. The summed E-state index contributed by atoms with van der Waals surface area (Å²) in [6.07, 6.45) is 1.18. The molecule has 0 spiro atoms. The SMILES string of the molecule is CC(C)(C)OC(=O)NC1CC(NC(CO)CO)C1. The number of alkyl carbamates (subject to hydrolysis) is 1. The summed E-state index contributed by atoms with van der Waals surface area (Å²) >= 11 is 0. The second-order valence-corrected chi connectivity index (χ2v) is 5.74. The molecular formula is C12H24N2O4. The molecular weight excluding hydrogens is 236 g/mol. The standard InChI is InChI=1S/C12H24N2O4/c1-12(2,3)18-11(17)14-9-4-8(5-9)13-10(6-15)7-16/h8-10,13,15-16H,4-7H2,1-3H3,(H,14,17). The monoisotopic (exact) mass is 260 g/mol. The van der Waals surface area contributed by atoms with Gasteiger partial charge in [0.1, 0.15) is 5.60 Å². The summed E-state index contributed by atoms with van der Waals surface area (Å²) in [4.78, 5) is 11.5. The summed E-state index contributed by atoms with van der Waals surface area (Å²) in [5, 5.41) is 23.7. The van der Waals surface area contributed by atoms with E-state index in [0.717, 1.165) is 12.8 Å². The molecule has 0 aromatic carbocycles. The molecule has 18 heavy (non-hydrogen) atoms. The van der Waals surface area contributed by atoms with E-state index in [-0.39, 0.29) is 31.3 Å². The highest BCUT2D eigenvalue weighted by molar-refractivity contribution is 5.68. The van der Waals surface area contributed by atoms with Gasteiger partial charge in [-0.15, -0.1) is 0 Å². The Morgan fingerprint density at radius 1 is 1.28 bits per heavy atom. The number of nitrogens with one attached hydrogen (secondary N) is 2. The summed E-state index contributed by atoms with van der Waals surface area (Å²) in [5.41, 5.74) is -0.482. The van der Waals surface area contributed by atoms with Crippen LogP contribution in [-0.4, -0.2) is 53.2 Å². The number of ether oxygens (including phenoxy) is 1. The molecule has 0 atom stereocenters. The van der Waals surface area contributed by atoms with Crippen LogP contribution in [0.3, 0.4) is 0 Å². The summed E-state index contributed by atoms with van der Waals surface area (Å²) in [6.45, 7) is 5.30. The Kier molecular flexibility index (Phi) is 5.37. The van der Waals surface area contributed by atoms with Crippen molar-refractivity contribution in [3.8, 4) is 0 Å². The van der Waals surface area contributed by atoms with Crippen molar-refractivity contribution in [2.75, 3.05) is 13.2 Å². The van der Waals surface area contributed by atoms with Gasteiger partial charge in [0.25, 0.3) is 0 Å². The molecule has 1 rings (SSSR count). The predicted molar refractivity (Wildman–Crippen MR) is 67.3 cm³/mol. The van der Waals surface area contributed by atoms with Crippen LogP contribution in [0.2, 0.25) is 0 Å². The largest absolute Gasteiger partial charge is 0.444 e. The fourth-order valence-corrected chi connectivity index (χ4v) is 1.84. The number of hydrogen-bond donors (Lipinski definition) is 4. The van der Waals surface area contributed by atoms with E-state index in [0.29, 0.717) is 0 Å². The van der Waals surface area contributed by atoms with Crippen molar-refractivity contribution in [2.24, 2.45) is 0 Å². The van der Waals surface area contributed by atoms with E-state index in [2.05, 4.69) is 10.6 Å². The third-order valence-corrected chi connectivity index (χ3v) is 2.77. The Bertz CT molecular complexity index is 268. The average Bonchev–Trinajstić information content (AvgIpc) is 2.18. The molecule has 0 unspecified atom stereocenters. The van der Waals surface area contributed by atoms with E-state index in [1.807, 2.05) is 20.8 Å². The first kappa shape index (κ1) is 15.2. The summed E-state index contributed by atoms with van der Waals surface area (Å²) in [6, 6.07) is 0.0575. The summed E-state index contributed by atoms with van der Waals surface area (Å²) < 4.78 is 5.15. The highest BCUT2D eigenvalue weighted by Crippen LogP contribution is 2.21. The minimum absolute atomic E-state index is 0.0861. The Morgan fingerprint density at radius 2 is 1.83 bits per heavy atom. The topological polar surface area (TPSA) is 90.8 Å². The van der Waals surface area contributed by atoms with Gasteiger partial charge in [0.05, 0.1) is 19.3 Å². The van der Waals surface area contributed by atoms with E-state index in [9.17, 15) is 4.79 Å². The smallest absolute Gasteiger partial charge is 0.407 e. The van der Waals surface area contributed by atoms with Crippen LogP contribution in [0.1, 0.15) is 33.6 Å². The van der Waals surface area contributed by atoms with Crippen molar-refractivity contribution in [3.63, 3.8) is 0 Å². The quantitative estimate of drug-likeness (QED) is 0.558. The molecule has 0 aromatic rings. The van der Waals surface area contributed by atoms with Gasteiger partial charge in [-0.25, -0.2) is 4.79 Å². The van der Waals surface area contributed by atoms with Gasteiger partial charge in [0, 0.05) is 12.1 Å². The van der Waals surface area contributed by atoms with Gasteiger partial charge in [-0.2, -0.15) is 0 Å². The van der Waals surface area contributed by atoms with E-state index in [1.165, 1.54) is 0 Å². The molecule has 106 valence electrons. The zero-order valence-corrected chi connectivity index (χ0v) is 11.3. The van der Waals surface area contributed by atoms with Crippen molar-refractivity contribution < 1.29 is 19.7 Å². The van der Waals surface area contributed by atoms with Crippen LogP contribution in [0.4, 0.5) is 4.79 Å². The van der Waals surface area contributed by atoms with Crippen molar-refractivity contribution in [2.45, 2.75) is 57.3 Å². The lowest BCUT2D eigenvalue weighted by atomic mass is 9.86. The molecule has 0 aliphatic heterocycles. The number of hydrogen-bond acceptors (Lipinski definition) is 5. The van der Waals surface area contributed by atoms with Crippen molar-refractivity contribution in [1.29, 1.82) is 0 Å². The highest BCUT2D eigenvalue weighted by Gasteiger charge is 2.32. The number of carbonyl (C=O) groups is 1. The van der Waals surface area contributed by atoms with Crippen LogP contribution in [0.5, 0.6) is 0 Å². The molecule has 1 aliphatic rings. The number of rotatable bonds is 5. The fraction of sp³-hybridized carbons (Fsp3) is 0.917. The molecule has 0 aromatic heterocycles. The van der Waals surface area contributed by atoms with E-state index >= 15 is 0 Å². The Morgan fingerprint density at radius 3 is 2.28 bits per heavy atom. The van der Waals surface area contributed by atoms with Crippen molar-refractivity contribution >= 4 is 6.09 Å². The van der Waals surface area contributed by atoms with Gasteiger partial charge in [0.15, 0.2) is 0 Å². The van der Waals surface area contributed by atoms with Gasteiger partial charge in [0.2, 0.25) is 0 Å². The van der Waals surface area contributed by atoms with E-state index in [1.54, 1.807) is 0 Å². The minimum Gasteiger partial charge on any atom is -0.444 e. The number of aliphatic hydroxyl groups excluding tert-OH is 2. The van der Waals surface area contributed by atoms with Crippen LogP contribution in [-0.2, 0) is 4.74 Å². The lowest BCUT2D eigenvalue weighted by molar-refractivity contribution is 0.0454. The maximum Gasteiger partial charge on any atom is 0.407 e. The van der Waals surface area contributed by atoms with Gasteiger partial charge >= 0.3 is 6.09 Å². The lowest BCUT2D eigenvalue weighted by Crippen LogP contribution is -2.56. The van der Waals surface area contributed by atoms with Crippen LogP contribution in [0.25, 0.3) is 0 Å². The maximum atomic E-state index is 11.5. The fourth-order valence-electron chi connectivity index (χ4n) is 1.84. The zero-order chi connectivity index (χ0) is 13.8. The molecule has 0 saturated heterocycles. The van der Waals surface area contributed by atoms with Crippen LogP contribution in [0.15, 0.2) is 0 Å². The molecule has 0 bridgehead atoms. The minimum atomic E-state index is -0.482. The highest BCUT2D eigenvalue weighted by atomic mass is 16.6. The molecule has 1 fully saturated rings. The van der Waals surface area contributed by atoms with Crippen LogP contribution < -0.4 is 10.6 Å². The number of carbonyl (C=O) groups excluding carboxylic acids is 1. The maximum absolute atomic E-state index is 11.5. The van der Waals surface area contributed by atoms with Crippen LogP contribution >= 0.6 is 0 Å². The van der Waals surface area contributed by atoms with E-state index < -0.39 is 11.7 Å². The molecule has 0 heterocycles. The first-order valence-corrected chi connectivity index (χ1v) is 6.31. The second-order valence-electron chi connectivity index (χ2n) is 5.74. The molecule has 1 aliphatic carbocycles. The molecule has 0 radical (unpaired) electrons. The third kappa shape index (κ3) is 5.20. The van der Waals surface area contributed by atoms with Gasteiger partial charge in [-0.05, 0) is 33.6 Å². The van der Waals surface area contributed by atoms with Gasteiger partial charge in [-0.3, -0.25) is 0 Å². The molecule has 1 saturated carbocycles. The van der Waals surface area contributed by atoms with Crippen molar-refractivity contribution in [3.05, 3.63) is 0 Å². The Hall–Kier alpha value is -0.850. The van der Waals surface area contributed by atoms with Gasteiger partial charge in [-0.1, -0.05) is 0 Å². The van der Waals surface area contributed by atoms with Crippen LogP contribution in [0, 0.1) is 0 Å². The Balaban J connectivity index is 2.17. The summed E-state index contributed by atoms with van der Waals surface area (Å²) in [7, 11) is 0.